The number of hydrogen-bond acceptors (Lipinski definition) is 3. The van der Waals surface area contributed by atoms with Gasteiger partial charge in [-0.25, -0.2) is 12.7 Å². The van der Waals surface area contributed by atoms with Crippen LogP contribution in [0.5, 0.6) is 0 Å². The lowest BCUT2D eigenvalue weighted by atomic mass is 10.0. The van der Waals surface area contributed by atoms with Crippen molar-refractivity contribution in [2.75, 3.05) is 24.6 Å². The molecule has 1 atom stereocenters. The first-order valence-electron chi connectivity index (χ1n) is 7.77. The Kier molecular flexibility index (Phi) is 6.58. The Morgan fingerprint density at radius 1 is 1.29 bits per heavy atom. The first kappa shape index (κ1) is 16.8. The van der Waals surface area contributed by atoms with E-state index in [9.17, 15) is 8.42 Å². The number of rotatable bonds is 7. The van der Waals surface area contributed by atoms with Crippen LogP contribution in [0.25, 0.3) is 0 Å². The number of unbranched alkanes of at least 4 members (excludes halogenated alkanes) is 1. The first-order chi connectivity index (χ1) is 10.1. The van der Waals surface area contributed by atoms with E-state index in [2.05, 4.69) is 12.1 Å². The van der Waals surface area contributed by atoms with Crippen LogP contribution in [0.2, 0.25) is 0 Å². The Balaban J connectivity index is 1.86. The summed E-state index contributed by atoms with van der Waals surface area (Å²) in [6, 6.07) is 10.3. The zero-order chi connectivity index (χ0) is 15.1. The summed E-state index contributed by atoms with van der Waals surface area (Å²) in [5.41, 5.74) is 0. The number of benzene rings is 1. The summed E-state index contributed by atoms with van der Waals surface area (Å²) < 4.78 is 26.3. The van der Waals surface area contributed by atoms with Crippen LogP contribution < -0.4 is 0 Å². The van der Waals surface area contributed by atoms with Gasteiger partial charge in [-0.3, -0.25) is 0 Å². The van der Waals surface area contributed by atoms with E-state index >= 15 is 0 Å². The van der Waals surface area contributed by atoms with Crippen molar-refractivity contribution in [2.24, 2.45) is 5.92 Å². The molecule has 21 heavy (non-hydrogen) atoms. The lowest BCUT2D eigenvalue weighted by molar-refractivity contribution is 0.284. The Bertz CT molecular complexity index is 516. The van der Waals surface area contributed by atoms with Crippen LogP contribution in [0.4, 0.5) is 0 Å². The fourth-order valence-corrected chi connectivity index (χ4v) is 5.41. The molecule has 0 aromatic heterocycles. The molecule has 1 heterocycles. The Morgan fingerprint density at radius 2 is 2.05 bits per heavy atom. The molecule has 0 amide bonds. The lowest BCUT2D eigenvalue weighted by Gasteiger charge is -2.31. The molecule has 0 saturated carbocycles. The molecular weight excluding hydrogens is 302 g/mol. The van der Waals surface area contributed by atoms with E-state index in [4.69, 9.17) is 0 Å². The second kappa shape index (κ2) is 8.20. The number of piperidine rings is 1. The Morgan fingerprint density at radius 3 is 2.76 bits per heavy atom. The van der Waals surface area contributed by atoms with Gasteiger partial charge in [-0.05, 0) is 37.3 Å². The number of thioether (sulfide) groups is 1. The SMILES string of the molecule is CCCCS(=O)(=O)N1CCCC(CSc2ccccc2)C1. The third-order valence-electron chi connectivity index (χ3n) is 3.86. The van der Waals surface area contributed by atoms with Crippen molar-refractivity contribution in [1.82, 2.24) is 4.31 Å². The van der Waals surface area contributed by atoms with E-state index in [1.165, 1.54) is 4.90 Å². The third-order valence-corrected chi connectivity index (χ3v) is 7.03. The van der Waals surface area contributed by atoms with Crippen molar-refractivity contribution in [3.05, 3.63) is 30.3 Å². The molecule has 1 fully saturated rings. The smallest absolute Gasteiger partial charge is 0.212 e. The summed E-state index contributed by atoms with van der Waals surface area (Å²) in [5.74, 6) is 1.78. The first-order valence-corrected chi connectivity index (χ1v) is 10.4. The molecule has 5 heteroatoms. The van der Waals surface area contributed by atoms with E-state index in [-0.39, 0.29) is 0 Å². The third kappa shape index (κ3) is 5.31. The molecule has 0 radical (unpaired) electrons. The van der Waals surface area contributed by atoms with E-state index < -0.39 is 10.0 Å². The monoisotopic (exact) mass is 327 g/mol. The van der Waals surface area contributed by atoms with Gasteiger partial charge in [-0.15, -0.1) is 11.8 Å². The van der Waals surface area contributed by atoms with Crippen molar-refractivity contribution in [1.29, 1.82) is 0 Å². The molecule has 118 valence electrons. The van der Waals surface area contributed by atoms with E-state index in [1.54, 1.807) is 4.31 Å². The number of hydrogen-bond donors (Lipinski definition) is 0. The van der Waals surface area contributed by atoms with Gasteiger partial charge in [0.1, 0.15) is 0 Å². The van der Waals surface area contributed by atoms with Crippen molar-refractivity contribution < 1.29 is 8.42 Å². The van der Waals surface area contributed by atoms with Crippen LogP contribution in [0.15, 0.2) is 35.2 Å². The summed E-state index contributed by atoms with van der Waals surface area (Å²) >= 11 is 1.84. The number of nitrogens with zero attached hydrogens (tertiary/aromatic N) is 1. The minimum Gasteiger partial charge on any atom is -0.212 e. The summed E-state index contributed by atoms with van der Waals surface area (Å²) in [7, 11) is -3.04. The van der Waals surface area contributed by atoms with E-state index in [1.807, 2.05) is 36.9 Å². The highest BCUT2D eigenvalue weighted by Gasteiger charge is 2.28. The molecule has 0 aliphatic carbocycles. The minimum atomic E-state index is -3.04. The van der Waals surface area contributed by atoms with E-state index in [0.29, 0.717) is 24.8 Å². The maximum absolute atomic E-state index is 12.3. The van der Waals surface area contributed by atoms with Crippen LogP contribution >= 0.6 is 11.8 Å². The largest absolute Gasteiger partial charge is 0.214 e. The van der Waals surface area contributed by atoms with Gasteiger partial charge in [-0.2, -0.15) is 0 Å². The fourth-order valence-electron chi connectivity index (χ4n) is 2.60. The van der Waals surface area contributed by atoms with Gasteiger partial charge in [0, 0.05) is 23.7 Å². The highest BCUT2D eigenvalue weighted by molar-refractivity contribution is 7.99. The van der Waals surface area contributed by atoms with Crippen LogP contribution in [-0.4, -0.2) is 37.3 Å². The van der Waals surface area contributed by atoms with Gasteiger partial charge >= 0.3 is 0 Å². The molecule has 3 nitrogen and oxygen atoms in total. The predicted octanol–water partition coefficient (Wildman–Crippen LogP) is 3.62. The average molecular weight is 328 g/mol. The Labute approximate surface area is 133 Å². The molecule has 0 bridgehead atoms. The van der Waals surface area contributed by atoms with Gasteiger partial charge < -0.3 is 0 Å². The summed E-state index contributed by atoms with van der Waals surface area (Å²) in [6.07, 6.45) is 3.83. The minimum absolute atomic E-state index is 0.308. The molecule has 1 aliphatic rings. The normalized spacial score (nSPS) is 20.5. The van der Waals surface area contributed by atoms with Gasteiger partial charge in [0.2, 0.25) is 10.0 Å². The summed E-state index contributed by atoms with van der Waals surface area (Å²) in [6.45, 7) is 3.44. The predicted molar refractivity (Wildman–Crippen MR) is 90.2 cm³/mol. The Hall–Kier alpha value is -0.520. The molecule has 1 aromatic rings. The highest BCUT2D eigenvalue weighted by Crippen LogP contribution is 2.27. The lowest BCUT2D eigenvalue weighted by Crippen LogP contribution is -2.41. The number of sulfonamides is 1. The molecule has 1 unspecified atom stereocenters. The van der Waals surface area contributed by atoms with Crippen molar-refractivity contribution >= 4 is 21.8 Å². The van der Waals surface area contributed by atoms with Crippen LogP contribution in [0.3, 0.4) is 0 Å². The maximum Gasteiger partial charge on any atom is 0.214 e. The summed E-state index contributed by atoms with van der Waals surface area (Å²) in [5, 5.41) is 0. The van der Waals surface area contributed by atoms with Gasteiger partial charge in [0.25, 0.3) is 0 Å². The van der Waals surface area contributed by atoms with Gasteiger partial charge in [0.05, 0.1) is 5.75 Å². The molecule has 1 saturated heterocycles. The van der Waals surface area contributed by atoms with Gasteiger partial charge in [-0.1, -0.05) is 31.5 Å². The molecule has 1 aliphatic heterocycles. The summed E-state index contributed by atoms with van der Waals surface area (Å²) in [4.78, 5) is 1.27. The average Bonchev–Trinajstić information content (AvgIpc) is 2.52. The van der Waals surface area contributed by atoms with Crippen LogP contribution in [0, 0.1) is 5.92 Å². The van der Waals surface area contributed by atoms with Crippen molar-refractivity contribution in [3.8, 4) is 0 Å². The van der Waals surface area contributed by atoms with Crippen molar-refractivity contribution in [2.45, 2.75) is 37.5 Å². The quantitative estimate of drug-likeness (QED) is 0.718. The highest BCUT2D eigenvalue weighted by atomic mass is 32.2. The molecule has 0 spiro atoms. The van der Waals surface area contributed by atoms with Gasteiger partial charge in [0.15, 0.2) is 0 Å². The van der Waals surface area contributed by atoms with E-state index in [0.717, 1.165) is 31.4 Å². The molecule has 1 aromatic carbocycles. The zero-order valence-electron chi connectivity index (χ0n) is 12.7. The van der Waals surface area contributed by atoms with Crippen LogP contribution in [-0.2, 0) is 10.0 Å². The fraction of sp³-hybridized carbons (Fsp3) is 0.625. The standard InChI is InChI=1S/C16H25NO2S2/c1-2-3-12-21(18,19)17-11-7-8-15(13-17)14-20-16-9-5-4-6-10-16/h4-6,9-10,15H,2-3,7-8,11-14H2,1H3. The topological polar surface area (TPSA) is 37.4 Å². The molecule has 0 N–H and O–H groups in total. The second-order valence-corrected chi connectivity index (χ2v) is 8.84. The second-order valence-electron chi connectivity index (χ2n) is 5.66. The van der Waals surface area contributed by atoms with Crippen molar-refractivity contribution in [3.63, 3.8) is 0 Å². The zero-order valence-corrected chi connectivity index (χ0v) is 14.3. The maximum atomic E-state index is 12.3. The van der Waals surface area contributed by atoms with Crippen LogP contribution in [0.1, 0.15) is 32.6 Å². The molecular formula is C16H25NO2S2. The molecule has 2 rings (SSSR count).